The molecule has 150 valence electrons. The second kappa shape index (κ2) is 8.60. The number of aryl methyl sites for hydroxylation is 1. The number of carbonyl (C=O) groups excluding carboxylic acids is 2. The first kappa shape index (κ1) is 20.1. The van der Waals surface area contributed by atoms with Gasteiger partial charge in [-0.2, -0.15) is 5.10 Å². The van der Waals surface area contributed by atoms with E-state index in [2.05, 4.69) is 15.7 Å². The zero-order chi connectivity index (χ0) is 21.0. The van der Waals surface area contributed by atoms with E-state index >= 15 is 0 Å². The molecule has 1 heterocycles. The zero-order valence-corrected chi connectivity index (χ0v) is 16.9. The highest BCUT2D eigenvalue weighted by molar-refractivity contribution is 5.96. The Morgan fingerprint density at radius 1 is 1.07 bits per heavy atom. The molecule has 0 unspecified atom stereocenters. The van der Waals surface area contributed by atoms with E-state index in [4.69, 9.17) is 4.74 Å². The average Bonchev–Trinajstić information content (AvgIpc) is 2.96. The maximum absolute atomic E-state index is 12.7. The highest BCUT2D eigenvalue weighted by Crippen LogP contribution is 2.28. The molecule has 1 aromatic heterocycles. The van der Waals surface area contributed by atoms with Crippen LogP contribution in [0.4, 0.5) is 11.4 Å². The van der Waals surface area contributed by atoms with Crippen molar-refractivity contribution < 1.29 is 14.3 Å². The maximum atomic E-state index is 12.7. The first-order valence-electron chi connectivity index (χ1n) is 9.25. The van der Waals surface area contributed by atoms with Crippen molar-refractivity contribution in [2.45, 2.75) is 27.2 Å². The number of ether oxygens (including phenoxy) is 1. The molecule has 7 nitrogen and oxygen atoms in total. The molecule has 0 aliphatic rings. The van der Waals surface area contributed by atoms with E-state index in [9.17, 15) is 9.59 Å². The van der Waals surface area contributed by atoms with Gasteiger partial charge in [-0.15, -0.1) is 0 Å². The maximum Gasteiger partial charge on any atom is 0.229 e. The van der Waals surface area contributed by atoms with Crippen LogP contribution >= 0.6 is 0 Å². The number of para-hydroxylation sites is 1. The van der Waals surface area contributed by atoms with Gasteiger partial charge < -0.3 is 15.4 Å². The summed E-state index contributed by atoms with van der Waals surface area (Å²) in [6.45, 7) is 5.28. The number of amides is 2. The quantitative estimate of drug-likeness (QED) is 0.671. The summed E-state index contributed by atoms with van der Waals surface area (Å²) in [5.41, 5.74) is 4.63. The lowest BCUT2D eigenvalue weighted by Gasteiger charge is -2.12. The molecule has 0 spiro atoms. The zero-order valence-electron chi connectivity index (χ0n) is 16.9. The fourth-order valence-corrected chi connectivity index (χ4v) is 3.19. The molecule has 0 saturated carbocycles. The summed E-state index contributed by atoms with van der Waals surface area (Å²) in [6, 6.07) is 14.9. The Morgan fingerprint density at radius 2 is 1.79 bits per heavy atom. The topological polar surface area (TPSA) is 85.2 Å². The molecule has 0 aliphatic carbocycles. The molecule has 2 N–H and O–H groups in total. The number of benzene rings is 2. The Hall–Kier alpha value is -3.61. The lowest BCUT2D eigenvalue weighted by atomic mass is 10.1. The van der Waals surface area contributed by atoms with Crippen LogP contribution in [0.5, 0.6) is 5.75 Å². The Kier molecular flexibility index (Phi) is 5.97. The summed E-state index contributed by atoms with van der Waals surface area (Å²) in [5, 5.41) is 10.2. The van der Waals surface area contributed by atoms with Gasteiger partial charge in [-0.3, -0.25) is 9.59 Å². The molecule has 0 saturated heterocycles. The standard InChI is InChI=1S/C22H24N4O3/c1-14-19(15(2)26(25-14)18-8-6-5-7-9-18)13-22(28)24-20-12-17(23-16(3)27)10-11-21(20)29-4/h5-12H,13H2,1-4H3,(H,23,27)(H,24,28). The minimum Gasteiger partial charge on any atom is -0.495 e. The van der Waals surface area contributed by atoms with Crippen molar-refractivity contribution in [3.8, 4) is 11.4 Å². The van der Waals surface area contributed by atoms with Crippen molar-refractivity contribution in [2.75, 3.05) is 17.7 Å². The van der Waals surface area contributed by atoms with Gasteiger partial charge in [-0.1, -0.05) is 18.2 Å². The minimum absolute atomic E-state index is 0.179. The second-order valence-electron chi connectivity index (χ2n) is 6.72. The van der Waals surface area contributed by atoms with Gasteiger partial charge in [0.25, 0.3) is 0 Å². The SMILES string of the molecule is COc1ccc(NC(C)=O)cc1NC(=O)Cc1c(C)nn(-c2ccccc2)c1C. The number of carbonyl (C=O) groups is 2. The molecule has 0 fully saturated rings. The first-order chi connectivity index (χ1) is 13.9. The lowest BCUT2D eigenvalue weighted by molar-refractivity contribution is -0.116. The summed E-state index contributed by atoms with van der Waals surface area (Å²) in [5.74, 6) is 0.134. The Balaban J connectivity index is 1.81. The molecule has 2 amide bonds. The number of rotatable bonds is 6. The third-order valence-corrected chi connectivity index (χ3v) is 4.57. The van der Waals surface area contributed by atoms with Crippen molar-refractivity contribution in [2.24, 2.45) is 0 Å². The van der Waals surface area contributed by atoms with Crippen molar-refractivity contribution >= 4 is 23.2 Å². The molecule has 2 aromatic carbocycles. The normalized spacial score (nSPS) is 10.5. The summed E-state index contributed by atoms with van der Waals surface area (Å²) in [7, 11) is 1.53. The van der Waals surface area contributed by atoms with E-state index in [1.165, 1.54) is 14.0 Å². The summed E-state index contributed by atoms with van der Waals surface area (Å²) >= 11 is 0. The Labute approximate surface area is 169 Å². The van der Waals surface area contributed by atoms with Gasteiger partial charge in [0.05, 0.1) is 30.6 Å². The second-order valence-corrected chi connectivity index (χ2v) is 6.72. The molecule has 0 bridgehead atoms. The third kappa shape index (κ3) is 4.63. The van der Waals surface area contributed by atoms with Crippen molar-refractivity contribution in [1.29, 1.82) is 0 Å². The molecule has 0 radical (unpaired) electrons. The molecular weight excluding hydrogens is 368 g/mol. The van der Waals surface area contributed by atoms with Gasteiger partial charge in [-0.25, -0.2) is 4.68 Å². The smallest absolute Gasteiger partial charge is 0.229 e. The Bertz CT molecular complexity index is 1040. The van der Waals surface area contributed by atoms with E-state index in [1.54, 1.807) is 18.2 Å². The molecule has 3 aromatic rings. The van der Waals surface area contributed by atoms with Crippen LogP contribution in [0.3, 0.4) is 0 Å². The molecule has 0 atom stereocenters. The van der Waals surface area contributed by atoms with Crippen LogP contribution in [0.1, 0.15) is 23.9 Å². The van der Waals surface area contributed by atoms with Crippen LogP contribution in [0.15, 0.2) is 48.5 Å². The van der Waals surface area contributed by atoms with Crippen LogP contribution in [-0.2, 0) is 16.0 Å². The van der Waals surface area contributed by atoms with Crippen molar-refractivity contribution in [3.05, 3.63) is 65.5 Å². The van der Waals surface area contributed by atoms with Gasteiger partial charge in [0.15, 0.2) is 0 Å². The van der Waals surface area contributed by atoms with Crippen molar-refractivity contribution in [3.63, 3.8) is 0 Å². The van der Waals surface area contributed by atoms with Crippen molar-refractivity contribution in [1.82, 2.24) is 9.78 Å². The monoisotopic (exact) mass is 392 g/mol. The number of anilines is 2. The number of nitrogens with zero attached hydrogens (tertiary/aromatic N) is 2. The van der Waals surface area contributed by atoms with E-state index in [0.29, 0.717) is 17.1 Å². The molecular formula is C22H24N4O3. The van der Waals surface area contributed by atoms with E-state index in [1.807, 2.05) is 48.9 Å². The average molecular weight is 392 g/mol. The van der Waals surface area contributed by atoms with E-state index in [0.717, 1.165) is 22.6 Å². The van der Waals surface area contributed by atoms with Crippen LogP contribution in [-0.4, -0.2) is 28.7 Å². The number of hydrogen-bond acceptors (Lipinski definition) is 4. The Morgan fingerprint density at radius 3 is 2.45 bits per heavy atom. The fourth-order valence-electron chi connectivity index (χ4n) is 3.19. The highest BCUT2D eigenvalue weighted by Gasteiger charge is 2.17. The van der Waals surface area contributed by atoms with Crippen LogP contribution in [0.25, 0.3) is 5.69 Å². The molecule has 3 rings (SSSR count). The van der Waals surface area contributed by atoms with E-state index < -0.39 is 0 Å². The summed E-state index contributed by atoms with van der Waals surface area (Å²) in [6.07, 6.45) is 0.179. The molecule has 29 heavy (non-hydrogen) atoms. The number of nitrogens with one attached hydrogen (secondary N) is 2. The number of methoxy groups -OCH3 is 1. The van der Waals surface area contributed by atoms with Crippen LogP contribution in [0, 0.1) is 13.8 Å². The van der Waals surface area contributed by atoms with Gasteiger partial charge in [-0.05, 0) is 44.2 Å². The van der Waals surface area contributed by atoms with Gasteiger partial charge >= 0.3 is 0 Å². The fraction of sp³-hybridized carbons (Fsp3) is 0.227. The van der Waals surface area contributed by atoms with Gasteiger partial charge in [0.1, 0.15) is 5.75 Å². The molecule has 7 heteroatoms. The van der Waals surface area contributed by atoms with Crippen LogP contribution in [0.2, 0.25) is 0 Å². The largest absolute Gasteiger partial charge is 0.495 e. The summed E-state index contributed by atoms with van der Waals surface area (Å²) in [4.78, 5) is 24.0. The van der Waals surface area contributed by atoms with E-state index in [-0.39, 0.29) is 18.2 Å². The van der Waals surface area contributed by atoms with Gasteiger partial charge in [0, 0.05) is 23.9 Å². The minimum atomic E-state index is -0.193. The predicted molar refractivity (Wildman–Crippen MR) is 113 cm³/mol. The number of aromatic nitrogens is 2. The first-order valence-corrected chi connectivity index (χ1v) is 9.25. The summed E-state index contributed by atoms with van der Waals surface area (Å²) < 4.78 is 7.17. The number of hydrogen-bond donors (Lipinski definition) is 2. The predicted octanol–water partition coefficient (Wildman–Crippen LogP) is 3.64. The van der Waals surface area contributed by atoms with Gasteiger partial charge in [0.2, 0.25) is 11.8 Å². The lowest BCUT2D eigenvalue weighted by Crippen LogP contribution is -2.16. The highest BCUT2D eigenvalue weighted by atomic mass is 16.5. The van der Waals surface area contributed by atoms with Crippen LogP contribution < -0.4 is 15.4 Å². The third-order valence-electron chi connectivity index (χ3n) is 4.57. The molecule has 0 aliphatic heterocycles.